The van der Waals surface area contributed by atoms with E-state index in [4.69, 9.17) is 9.47 Å². The molecule has 1 amide bonds. The van der Waals surface area contributed by atoms with Crippen molar-refractivity contribution < 1.29 is 23.9 Å². The third-order valence-electron chi connectivity index (χ3n) is 12.5. The Hall–Kier alpha value is -1.47. The fraction of sp³-hybridized carbons (Fsp3) is 0.906. The highest BCUT2D eigenvalue weighted by Gasteiger charge is 2.61. The lowest BCUT2D eigenvalue weighted by Crippen LogP contribution is -2.59. The van der Waals surface area contributed by atoms with Crippen LogP contribution >= 0.6 is 0 Å². The average molecular weight is 545 g/mol. The van der Waals surface area contributed by atoms with Crippen molar-refractivity contribution in [1.82, 2.24) is 10.2 Å². The number of hydrogen-bond acceptors (Lipinski definition) is 6. The third-order valence-corrected chi connectivity index (χ3v) is 12.5. The zero-order valence-corrected chi connectivity index (χ0v) is 25.3. The van der Waals surface area contributed by atoms with Crippen molar-refractivity contribution in [2.24, 2.45) is 40.4 Å². The summed E-state index contributed by atoms with van der Waals surface area (Å²) in [4.78, 5) is 40.4. The van der Waals surface area contributed by atoms with E-state index in [-0.39, 0.29) is 35.2 Å². The Labute approximate surface area is 235 Å². The molecule has 39 heavy (non-hydrogen) atoms. The molecule has 7 heteroatoms. The van der Waals surface area contributed by atoms with Crippen LogP contribution in [0.4, 0.5) is 0 Å². The number of carbonyl (C=O) groups is 3. The summed E-state index contributed by atoms with van der Waals surface area (Å²) in [6, 6.07) is 0. The molecular formula is C32H52N2O5. The summed E-state index contributed by atoms with van der Waals surface area (Å²) < 4.78 is 11.5. The second kappa shape index (κ2) is 10.4. The molecule has 1 heterocycles. The topological polar surface area (TPSA) is 84.9 Å². The van der Waals surface area contributed by atoms with Gasteiger partial charge < -0.3 is 14.8 Å². The van der Waals surface area contributed by atoms with Crippen molar-refractivity contribution in [3.05, 3.63) is 0 Å². The van der Waals surface area contributed by atoms with E-state index < -0.39 is 11.1 Å². The van der Waals surface area contributed by atoms with Crippen LogP contribution in [0.1, 0.15) is 99.3 Å². The zero-order valence-electron chi connectivity index (χ0n) is 25.3. The van der Waals surface area contributed by atoms with Crippen LogP contribution in [-0.2, 0) is 23.9 Å². The van der Waals surface area contributed by atoms with Gasteiger partial charge in [0.15, 0.2) is 0 Å². The molecule has 0 aromatic carbocycles. The lowest BCUT2D eigenvalue weighted by Gasteiger charge is -2.62. The van der Waals surface area contributed by atoms with Gasteiger partial charge in [-0.05, 0) is 120 Å². The average Bonchev–Trinajstić information content (AvgIpc) is 3.26. The number of nitrogens with one attached hydrogen (secondary N) is 1. The molecule has 0 radical (unpaired) electrons. The predicted molar refractivity (Wildman–Crippen MR) is 150 cm³/mol. The highest BCUT2D eigenvalue weighted by atomic mass is 16.6. The van der Waals surface area contributed by atoms with Gasteiger partial charge in [0, 0.05) is 19.0 Å². The maximum atomic E-state index is 12.9. The number of fused-ring (bicyclic) bond motifs is 5. The van der Waals surface area contributed by atoms with Crippen LogP contribution in [0.3, 0.4) is 0 Å². The Morgan fingerprint density at radius 1 is 0.923 bits per heavy atom. The minimum Gasteiger partial charge on any atom is -0.458 e. The molecule has 0 aromatic heterocycles. The van der Waals surface area contributed by atoms with Crippen LogP contribution < -0.4 is 5.32 Å². The van der Waals surface area contributed by atoms with Crippen LogP contribution in [0.2, 0.25) is 0 Å². The summed E-state index contributed by atoms with van der Waals surface area (Å²) in [6.07, 6.45) is 10.00. The number of morpholine rings is 1. The Morgan fingerprint density at radius 2 is 1.62 bits per heavy atom. The highest BCUT2D eigenvalue weighted by Crippen LogP contribution is 2.68. The van der Waals surface area contributed by atoms with E-state index in [1.54, 1.807) is 0 Å². The lowest BCUT2D eigenvalue weighted by atomic mass is 9.44. The summed E-state index contributed by atoms with van der Waals surface area (Å²) >= 11 is 0. The molecule has 4 aliphatic carbocycles. The second-order valence-corrected chi connectivity index (χ2v) is 14.9. The number of hydrogen-bond donors (Lipinski definition) is 1. The van der Waals surface area contributed by atoms with E-state index in [2.05, 4.69) is 31.0 Å². The summed E-state index contributed by atoms with van der Waals surface area (Å²) in [6.45, 7) is 15.2. The van der Waals surface area contributed by atoms with E-state index in [1.165, 1.54) is 32.1 Å². The molecule has 1 saturated heterocycles. The van der Waals surface area contributed by atoms with Crippen molar-refractivity contribution >= 4 is 17.7 Å². The predicted octanol–water partition coefficient (Wildman–Crippen LogP) is 4.76. The number of Topliss-reactive ketones (excluding diaryl/α,β-unsaturated/α-hetero) is 1. The number of esters is 1. The largest absolute Gasteiger partial charge is 0.458 e. The molecule has 5 rings (SSSR count). The normalized spacial score (nSPS) is 42.6. The van der Waals surface area contributed by atoms with Crippen LogP contribution in [0, 0.1) is 40.4 Å². The Balaban J connectivity index is 1.17. The number of nitrogens with zero attached hydrogens (tertiary/aromatic N) is 1. The van der Waals surface area contributed by atoms with Crippen molar-refractivity contribution in [3.63, 3.8) is 0 Å². The first-order valence-corrected chi connectivity index (χ1v) is 15.6. The minimum atomic E-state index is -0.695. The van der Waals surface area contributed by atoms with Gasteiger partial charge >= 0.3 is 5.97 Å². The Bertz CT molecular complexity index is 976. The molecule has 0 spiro atoms. The SMILES string of the molecule is CC(=O)[C@H]1CC[C@H]2[C@@H]3CC[C@H]4C[C@](C)(OC(=O)CNC(=O)C(C)(C)N5CCOCC5)CC[C@]4(C)[C@H]3CC[C@]12C. The zero-order chi connectivity index (χ0) is 28.2. The van der Waals surface area contributed by atoms with E-state index in [1.807, 2.05) is 20.8 Å². The molecule has 1 N–H and O–H groups in total. The molecule has 220 valence electrons. The number of ether oxygens (including phenoxy) is 2. The van der Waals surface area contributed by atoms with Crippen molar-refractivity contribution in [3.8, 4) is 0 Å². The van der Waals surface area contributed by atoms with Crippen molar-refractivity contribution in [2.75, 3.05) is 32.8 Å². The molecule has 0 unspecified atom stereocenters. The van der Waals surface area contributed by atoms with Gasteiger partial charge in [-0.3, -0.25) is 19.3 Å². The van der Waals surface area contributed by atoms with Gasteiger partial charge in [-0.2, -0.15) is 0 Å². The van der Waals surface area contributed by atoms with Gasteiger partial charge in [0.25, 0.3) is 0 Å². The fourth-order valence-electron chi connectivity index (χ4n) is 10.1. The highest BCUT2D eigenvalue weighted by molar-refractivity contribution is 5.88. The van der Waals surface area contributed by atoms with E-state index in [0.29, 0.717) is 49.8 Å². The lowest BCUT2D eigenvalue weighted by molar-refractivity contribution is -0.180. The molecule has 8 atom stereocenters. The monoisotopic (exact) mass is 544 g/mol. The Morgan fingerprint density at radius 3 is 2.31 bits per heavy atom. The first kappa shape index (κ1) is 29.0. The van der Waals surface area contributed by atoms with Gasteiger partial charge in [-0.25, -0.2) is 0 Å². The standard InChI is InChI=1S/C32H52N2O5/c1-21(35)24-9-10-25-23-8-7-22-19-30(4,13-14-31(22,5)26(23)11-12-32(24,25)6)39-27(36)20-33-28(37)29(2,3)34-15-17-38-18-16-34/h22-26H,7-20H2,1-6H3,(H,33,37)/t22-,23-,24+,25-,26-,30+,31-,32+/m0/s1. The smallest absolute Gasteiger partial charge is 0.325 e. The molecule has 5 fully saturated rings. The molecule has 4 saturated carbocycles. The first-order chi connectivity index (χ1) is 18.3. The summed E-state index contributed by atoms with van der Waals surface area (Å²) in [5.41, 5.74) is -0.704. The molecule has 1 aliphatic heterocycles. The maximum Gasteiger partial charge on any atom is 0.325 e. The number of carbonyl (C=O) groups excluding carboxylic acids is 3. The quantitative estimate of drug-likeness (QED) is 0.485. The number of rotatable bonds is 6. The summed E-state index contributed by atoms with van der Waals surface area (Å²) in [5, 5.41) is 2.84. The van der Waals surface area contributed by atoms with Crippen LogP contribution in [0.25, 0.3) is 0 Å². The van der Waals surface area contributed by atoms with Gasteiger partial charge in [-0.1, -0.05) is 13.8 Å². The number of amides is 1. The van der Waals surface area contributed by atoms with Gasteiger partial charge in [0.2, 0.25) is 5.91 Å². The fourth-order valence-corrected chi connectivity index (χ4v) is 10.1. The third kappa shape index (κ3) is 5.09. The first-order valence-electron chi connectivity index (χ1n) is 15.6. The molecular weight excluding hydrogens is 492 g/mol. The molecule has 5 aliphatic rings. The van der Waals surface area contributed by atoms with Crippen LogP contribution in [0.15, 0.2) is 0 Å². The van der Waals surface area contributed by atoms with Crippen molar-refractivity contribution in [2.45, 2.75) is 110 Å². The van der Waals surface area contributed by atoms with Crippen LogP contribution in [0.5, 0.6) is 0 Å². The number of ketones is 1. The molecule has 0 aromatic rings. The van der Waals surface area contributed by atoms with Gasteiger partial charge in [0.1, 0.15) is 17.9 Å². The van der Waals surface area contributed by atoms with Crippen LogP contribution in [-0.4, -0.2) is 66.5 Å². The maximum absolute atomic E-state index is 12.9. The van der Waals surface area contributed by atoms with Gasteiger partial charge in [-0.15, -0.1) is 0 Å². The van der Waals surface area contributed by atoms with E-state index in [9.17, 15) is 14.4 Å². The second-order valence-electron chi connectivity index (χ2n) is 14.9. The minimum absolute atomic E-state index is 0.0909. The summed E-state index contributed by atoms with van der Waals surface area (Å²) in [7, 11) is 0. The van der Waals surface area contributed by atoms with E-state index >= 15 is 0 Å². The van der Waals surface area contributed by atoms with Gasteiger partial charge in [0.05, 0.1) is 18.8 Å². The molecule has 7 nitrogen and oxygen atoms in total. The Kier molecular flexibility index (Phi) is 7.76. The molecule has 0 bridgehead atoms. The summed E-state index contributed by atoms with van der Waals surface area (Å²) in [5.74, 6) is 2.83. The van der Waals surface area contributed by atoms with E-state index in [0.717, 1.165) is 31.6 Å². The van der Waals surface area contributed by atoms with Crippen molar-refractivity contribution in [1.29, 1.82) is 0 Å².